The van der Waals surface area contributed by atoms with Crippen molar-refractivity contribution < 1.29 is 9.59 Å². The summed E-state index contributed by atoms with van der Waals surface area (Å²) < 4.78 is 0. The number of carbonyl (C=O) groups excluding carboxylic acids is 2. The number of anilines is 1. The largest absolute Gasteiger partial charge is 0.322 e. The van der Waals surface area contributed by atoms with E-state index in [0.29, 0.717) is 17.8 Å². The van der Waals surface area contributed by atoms with Gasteiger partial charge in [0, 0.05) is 11.8 Å². The summed E-state index contributed by atoms with van der Waals surface area (Å²) in [6.45, 7) is 3.80. The molecule has 162 valence electrons. The second-order valence-corrected chi connectivity index (χ2v) is 7.36. The summed E-state index contributed by atoms with van der Waals surface area (Å²) in [5, 5.41) is 7.13. The Morgan fingerprint density at radius 2 is 1.62 bits per heavy atom. The lowest BCUT2D eigenvalue weighted by molar-refractivity contribution is -0.122. The van der Waals surface area contributed by atoms with E-state index in [9.17, 15) is 9.59 Å². The van der Waals surface area contributed by atoms with Crippen LogP contribution in [0.5, 0.6) is 0 Å². The van der Waals surface area contributed by atoms with Gasteiger partial charge in [-0.2, -0.15) is 5.10 Å². The maximum Gasteiger partial charge on any atom is 0.248 e. The van der Waals surface area contributed by atoms with Crippen molar-refractivity contribution in [3.8, 4) is 0 Å². The van der Waals surface area contributed by atoms with E-state index in [0.717, 1.165) is 16.7 Å². The summed E-state index contributed by atoms with van der Waals surface area (Å²) in [6.07, 6.45) is 3.94. The zero-order chi connectivity index (χ0) is 22.8. The summed E-state index contributed by atoms with van der Waals surface area (Å²) >= 11 is 0. The van der Waals surface area contributed by atoms with Crippen molar-refractivity contribution in [1.29, 1.82) is 0 Å². The van der Waals surface area contributed by atoms with Gasteiger partial charge in [0.05, 0.1) is 11.6 Å². The molecule has 0 saturated heterocycles. The first-order chi connectivity index (χ1) is 15.6. The summed E-state index contributed by atoms with van der Waals surface area (Å²) in [7, 11) is 0. The van der Waals surface area contributed by atoms with Crippen molar-refractivity contribution in [2.24, 2.45) is 5.10 Å². The number of nitrogens with one attached hydrogen (secondary N) is 2. The van der Waals surface area contributed by atoms with E-state index >= 15 is 0 Å². The predicted molar refractivity (Wildman–Crippen MR) is 130 cm³/mol. The van der Waals surface area contributed by atoms with Gasteiger partial charge in [0.25, 0.3) is 0 Å². The van der Waals surface area contributed by atoms with Gasteiger partial charge >= 0.3 is 0 Å². The Balaban J connectivity index is 1.63. The minimum Gasteiger partial charge on any atom is -0.322 e. The molecule has 3 rings (SSSR count). The standard InChI is InChI=1S/C27H27N3O2/c1-3-25(22-13-8-5-9-14-22)27(32)30-29-20(2)23-15-10-16-24(19-23)28-26(31)18-17-21-11-6-4-7-12-21/h4-19,25H,3H2,1-2H3,(H,28,31)(H,30,32)/b18-17+,29-20+. The lowest BCUT2D eigenvalue weighted by atomic mass is 9.96. The first-order valence-corrected chi connectivity index (χ1v) is 10.6. The molecule has 3 aromatic carbocycles. The molecule has 0 bridgehead atoms. The van der Waals surface area contributed by atoms with Crippen LogP contribution in [0.1, 0.15) is 42.9 Å². The molecule has 0 radical (unpaired) electrons. The number of amides is 2. The fraction of sp³-hybridized carbons (Fsp3) is 0.148. The molecule has 0 aliphatic heterocycles. The summed E-state index contributed by atoms with van der Waals surface area (Å²) in [5.41, 5.74) is 6.71. The van der Waals surface area contributed by atoms with Gasteiger partial charge in [0.2, 0.25) is 11.8 Å². The van der Waals surface area contributed by atoms with Gasteiger partial charge in [-0.15, -0.1) is 0 Å². The van der Waals surface area contributed by atoms with Crippen LogP contribution in [0.3, 0.4) is 0 Å². The number of hydrogen-bond acceptors (Lipinski definition) is 3. The minimum atomic E-state index is -0.255. The molecule has 2 N–H and O–H groups in total. The van der Waals surface area contributed by atoms with E-state index in [1.54, 1.807) is 6.08 Å². The van der Waals surface area contributed by atoms with Crippen LogP contribution >= 0.6 is 0 Å². The normalized spacial score (nSPS) is 12.4. The molecular formula is C27H27N3O2. The topological polar surface area (TPSA) is 70.6 Å². The van der Waals surface area contributed by atoms with Crippen LogP contribution in [-0.4, -0.2) is 17.5 Å². The van der Waals surface area contributed by atoms with Crippen LogP contribution < -0.4 is 10.7 Å². The van der Waals surface area contributed by atoms with Gasteiger partial charge in [0.15, 0.2) is 0 Å². The van der Waals surface area contributed by atoms with Crippen molar-refractivity contribution in [2.75, 3.05) is 5.32 Å². The van der Waals surface area contributed by atoms with Crippen LogP contribution in [0.25, 0.3) is 6.08 Å². The molecule has 5 heteroatoms. The average Bonchev–Trinajstić information content (AvgIpc) is 2.83. The smallest absolute Gasteiger partial charge is 0.248 e. The van der Waals surface area contributed by atoms with E-state index in [1.807, 2.05) is 98.8 Å². The van der Waals surface area contributed by atoms with Crippen molar-refractivity contribution in [3.05, 3.63) is 108 Å². The molecule has 3 aromatic rings. The van der Waals surface area contributed by atoms with E-state index in [2.05, 4.69) is 15.8 Å². The van der Waals surface area contributed by atoms with Gasteiger partial charge in [-0.05, 0) is 48.2 Å². The molecule has 1 atom stereocenters. The van der Waals surface area contributed by atoms with Crippen molar-refractivity contribution in [3.63, 3.8) is 0 Å². The fourth-order valence-electron chi connectivity index (χ4n) is 3.28. The van der Waals surface area contributed by atoms with Gasteiger partial charge in [-0.1, -0.05) is 79.7 Å². The molecule has 0 saturated carbocycles. The predicted octanol–water partition coefficient (Wildman–Crippen LogP) is 5.37. The lowest BCUT2D eigenvalue weighted by Crippen LogP contribution is -2.26. The fourth-order valence-corrected chi connectivity index (χ4v) is 3.28. The molecular weight excluding hydrogens is 398 g/mol. The van der Waals surface area contributed by atoms with Gasteiger partial charge < -0.3 is 5.32 Å². The number of benzene rings is 3. The van der Waals surface area contributed by atoms with Crippen LogP contribution in [-0.2, 0) is 9.59 Å². The lowest BCUT2D eigenvalue weighted by Gasteiger charge is -2.13. The Morgan fingerprint density at radius 3 is 2.31 bits per heavy atom. The van der Waals surface area contributed by atoms with E-state index in [1.165, 1.54) is 6.08 Å². The Morgan fingerprint density at radius 1 is 0.938 bits per heavy atom. The maximum atomic E-state index is 12.6. The molecule has 0 aliphatic carbocycles. The highest BCUT2D eigenvalue weighted by atomic mass is 16.2. The first kappa shape index (κ1) is 22.7. The van der Waals surface area contributed by atoms with Crippen LogP contribution in [0.15, 0.2) is 96.1 Å². The molecule has 0 aliphatic rings. The van der Waals surface area contributed by atoms with Crippen LogP contribution in [0.4, 0.5) is 5.69 Å². The average molecular weight is 426 g/mol. The van der Waals surface area contributed by atoms with Crippen molar-refractivity contribution in [1.82, 2.24) is 5.43 Å². The summed E-state index contributed by atoms with van der Waals surface area (Å²) in [5.74, 6) is -0.620. The third-order valence-electron chi connectivity index (χ3n) is 5.04. The third kappa shape index (κ3) is 6.51. The molecule has 0 heterocycles. The van der Waals surface area contributed by atoms with E-state index < -0.39 is 0 Å². The van der Waals surface area contributed by atoms with Gasteiger partial charge in [-0.25, -0.2) is 5.43 Å². The maximum absolute atomic E-state index is 12.6. The molecule has 32 heavy (non-hydrogen) atoms. The molecule has 5 nitrogen and oxygen atoms in total. The quantitative estimate of drug-likeness (QED) is 0.289. The third-order valence-corrected chi connectivity index (χ3v) is 5.04. The van der Waals surface area contributed by atoms with Crippen molar-refractivity contribution in [2.45, 2.75) is 26.2 Å². The molecule has 0 spiro atoms. The Bertz CT molecular complexity index is 1110. The minimum absolute atomic E-state index is 0.145. The number of rotatable bonds is 8. The molecule has 2 amide bonds. The second-order valence-electron chi connectivity index (χ2n) is 7.36. The Labute approximate surface area is 188 Å². The first-order valence-electron chi connectivity index (χ1n) is 10.6. The van der Waals surface area contributed by atoms with Crippen LogP contribution in [0.2, 0.25) is 0 Å². The van der Waals surface area contributed by atoms with Gasteiger partial charge in [-0.3, -0.25) is 9.59 Å². The van der Waals surface area contributed by atoms with E-state index in [4.69, 9.17) is 0 Å². The van der Waals surface area contributed by atoms with Crippen LogP contribution in [0, 0.1) is 0 Å². The van der Waals surface area contributed by atoms with E-state index in [-0.39, 0.29) is 17.7 Å². The summed E-state index contributed by atoms with van der Waals surface area (Å²) in [6, 6.07) is 26.7. The highest BCUT2D eigenvalue weighted by molar-refractivity contribution is 6.04. The zero-order valence-corrected chi connectivity index (χ0v) is 18.3. The monoisotopic (exact) mass is 425 g/mol. The summed E-state index contributed by atoms with van der Waals surface area (Å²) in [4.78, 5) is 24.9. The number of nitrogens with zero attached hydrogens (tertiary/aromatic N) is 1. The van der Waals surface area contributed by atoms with Gasteiger partial charge in [0.1, 0.15) is 0 Å². The Kier molecular flexibility index (Phi) is 8.09. The zero-order valence-electron chi connectivity index (χ0n) is 18.3. The highest BCUT2D eigenvalue weighted by Crippen LogP contribution is 2.19. The molecule has 1 unspecified atom stereocenters. The number of carbonyl (C=O) groups is 2. The SMILES string of the molecule is CCC(C(=O)N/N=C(\C)c1cccc(NC(=O)/C=C/c2ccccc2)c1)c1ccccc1. The second kappa shape index (κ2) is 11.4. The van der Waals surface area contributed by atoms with Crippen molar-refractivity contribution >= 4 is 29.3 Å². The number of hydrazone groups is 1. The highest BCUT2D eigenvalue weighted by Gasteiger charge is 2.18. The molecule has 0 aromatic heterocycles. The Hall–Kier alpha value is -3.99. The number of hydrogen-bond donors (Lipinski definition) is 2. The molecule has 0 fully saturated rings.